The van der Waals surface area contributed by atoms with Crippen LogP contribution in [0.1, 0.15) is 98.2 Å². The minimum Gasteiger partial charge on any atom is -0.393 e. The second-order valence-electron chi connectivity index (χ2n) is 15.1. The Balaban J connectivity index is 1.39. The molecule has 5 atom stereocenters. The van der Waals surface area contributed by atoms with Crippen molar-refractivity contribution in [1.29, 1.82) is 0 Å². The second-order valence-corrected chi connectivity index (χ2v) is 15.5. The molecule has 3 aromatic rings. The van der Waals surface area contributed by atoms with Gasteiger partial charge in [-0.25, -0.2) is 9.18 Å². The lowest BCUT2D eigenvalue weighted by molar-refractivity contribution is -0.0800. The van der Waals surface area contributed by atoms with Gasteiger partial charge in [0.1, 0.15) is 5.82 Å². The number of carbonyl (C=O) groups is 2. The molecule has 3 N–H and O–H groups in total. The quantitative estimate of drug-likeness (QED) is 0.160. The summed E-state index contributed by atoms with van der Waals surface area (Å²) >= 11 is 6.38. The van der Waals surface area contributed by atoms with E-state index in [1.54, 1.807) is 11.0 Å². The van der Waals surface area contributed by atoms with Crippen molar-refractivity contribution < 1.29 is 28.9 Å². The Kier molecular flexibility index (Phi) is 11.7. The highest BCUT2D eigenvalue weighted by molar-refractivity contribution is 6.31. The molecule has 7 rings (SSSR count). The van der Waals surface area contributed by atoms with Crippen LogP contribution in [0.5, 0.6) is 0 Å². The number of para-hydroxylation sites is 1. The van der Waals surface area contributed by atoms with Crippen molar-refractivity contribution in [2.75, 3.05) is 25.0 Å². The van der Waals surface area contributed by atoms with Crippen molar-refractivity contribution in [1.82, 2.24) is 4.90 Å². The van der Waals surface area contributed by atoms with E-state index < -0.39 is 22.9 Å². The molecule has 1 aliphatic heterocycles. The summed E-state index contributed by atoms with van der Waals surface area (Å²) in [7, 11) is 0. The molecule has 9 heteroatoms. The smallest absolute Gasteiger partial charge is 0.322 e. The summed E-state index contributed by atoms with van der Waals surface area (Å²) in [4.78, 5) is 29.9. The number of anilines is 1. The number of carbonyl (C=O) groups excluding carboxylic acids is 2. The Morgan fingerprint density at radius 2 is 1.86 bits per heavy atom. The van der Waals surface area contributed by atoms with E-state index >= 15 is 0 Å². The summed E-state index contributed by atoms with van der Waals surface area (Å²) in [5.41, 5.74) is 2.03. The molecule has 5 unspecified atom stereocenters. The van der Waals surface area contributed by atoms with Crippen molar-refractivity contribution in [2.45, 2.75) is 102 Å². The number of fused-ring (bicyclic) bond motifs is 8. The van der Waals surface area contributed by atoms with Crippen molar-refractivity contribution in [3.05, 3.63) is 111 Å². The number of amides is 2. The van der Waals surface area contributed by atoms with E-state index in [-0.39, 0.29) is 47.4 Å². The number of aliphatic hydroxyl groups excluding tert-OH is 1. The molecule has 0 radical (unpaired) electrons. The van der Waals surface area contributed by atoms with E-state index in [1.807, 2.05) is 48.5 Å². The number of benzene rings is 3. The largest absolute Gasteiger partial charge is 0.393 e. The fourth-order valence-electron chi connectivity index (χ4n) is 8.49. The summed E-state index contributed by atoms with van der Waals surface area (Å²) in [6, 6.07) is 19.2. The third kappa shape index (κ3) is 8.41. The van der Waals surface area contributed by atoms with Crippen molar-refractivity contribution in [3.8, 4) is 0 Å². The van der Waals surface area contributed by atoms with Gasteiger partial charge in [-0.2, -0.15) is 0 Å². The normalized spacial score (nSPS) is 26.6. The highest BCUT2D eigenvalue weighted by Gasteiger charge is 2.57. The maximum Gasteiger partial charge on any atom is 0.322 e. The Morgan fingerprint density at radius 1 is 1.06 bits per heavy atom. The zero-order chi connectivity index (χ0) is 36.2. The van der Waals surface area contributed by atoms with Gasteiger partial charge in [-0.1, -0.05) is 66.6 Å². The van der Waals surface area contributed by atoms with Crippen LogP contribution in [-0.4, -0.2) is 64.4 Å². The van der Waals surface area contributed by atoms with Crippen LogP contribution in [-0.2, 0) is 17.6 Å². The number of Topliss-reactive ketones (excluding diaryl/α,β-unsaturated/α-hetero) is 1. The highest BCUT2D eigenvalue weighted by atomic mass is 35.5. The van der Waals surface area contributed by atoms with Crippen LogP contribution in [0.4, 0.5) is 14.9 Å². The van der Waals surface area contributed by atoms with Gasteiger partial charge in [-0.3, -0.25) is 4.79 Å². The van der Waals surface area contributed by atoms with Crippen LogP contribution < -0.4 is 5.32 Å². The first kappa shape index (κ1) is 37.2. The van der Waals surface area contributed by atoms with Crippen molar-refractivity contribution in [3.63, 3.8) is 0 Å². The van der Waals surface area contributed by atoms with Crippen LogP contribution >= 0.6 is 11.6 Å². The molecule has 2 amide bonds. The monoisotopic (exact) mass is 716 g/mol. The van der Waals surface area contributed by atoms with Crippen molar-refractivity contribution in [2.24, 2.45) is 5.41 Å². The summed E-state index contributed by atoms with van der Waals surface area (Å²) in [5.74, 6) is -1.04. The Labute approximate surface area is 305 Å². The topological polar surface area (TPSA) is 99.1 Å². The van der Waals surface area contributed by atoms with Crippen LogP contribution in [0, 0.1) is 11.2 Å². The molecular weight excluding hydrogens is 667 g/mol. The lowest BCUT2D eigenvalue weighted by Crippen LogP contribution is -2.55. The fourth-order valence-corrected chi connectivity index (χ4v) is 8.72. The summed E-state index contributed by atoms with van der Waals surface area (Å²) in [6.45, 7) is 5.27. The average molecular weight is 717 g/mol. The standard InChI is InChI=1S/C42H50ClFN2O5/c1-28-9-7-20-41(2)36(19-21-42(41,50)27-46(26-32-12-8-22-51-32)40(49)45-30-10-4-3-5-11-30)33-18-16-29(23-31(47)17-15-28)24-34(33)39(48)25-35-37(43)13-6-14-38(35)44/h3-6,9-11,13-14,16,18,24,31-32,36,47,50H,7-8,12,15,17,19-23,25-27H2,1-2H3,(H,45,49). The molecule has 1 saturated carbocycles. The molecule has 2 fully saturated rings. The van der Waals surface area contributed by atoms with E-state index in [2.05, 4.69) is 25.2 Å². The number of aliphatic hydroxyl groups is 2. The first-order valence-corrected chi connectivity index (χ1v) is 18.7. The molecule has 3 aliphatic carbocycles. The average Bonchev–Trinajstić information content (AvgIpc) is 3.71. The number of nitrogens with zero attached hydrogens (tertiary/aromatic N) is 1. The van der Waals surface area contributed by atoms with Crippen molar-refractivity contribution >= 4 is 29.1 Å². The zero-order valence-corrected chi connectivity index (χ0v) is 30.4. The molecule has 7 nitrogen and oxygen atoms in total. The van der Waals surface area contributed by atoms with E-state index in [4.69, 9.17) is 16.3 Å². The summed E-state index contributed by atoms with van der Waals surface area (Å²) in [5, 5.41) is 27.1. The molecule has 1 heterocycles. The number of hydrogen-bond donors (Lipinski definition) is 3. The van der Waals surface area contributed by atoms with Gasteiger partial charge in [0.2, 0.25) is 0 Å². The number of urea groups is 1. The lowest BCUT2D eigenvalue weighted by atomic mass is 9.64. The SMILES string of the molecule is CC1=CCCC2(C)C(CCC2(O)CN(CC2CCCO2)C(=O)Nc2ccccc2)c2ccc(cc2C(=O)Cc2c(F)cccc2Cl)CC(O)CC1. The van der Waals surface area contributed by atoms with Gasteiger partial charge in [0.25, 0.3) is 0 Å². The van der Waals surface area contributed by atoms with E-state index in [0.29, 0.717) is 62.9 Å². The highest BCUT2D eigenvalue weighted by Crippen LogP contribution is 2.59. The molecule has 3 aromatic carbocycles. The van der Waals surface area contributed by atoms with Gasteiger partial charge in [0.15, 0.2) is 5.78 Å². The van der Waals surface area contributed by atoms with Crippen LogP contribution in [0.25, 0.3) is 0 Å². The third-order valence-electron chi connectivity index (χ3n) is 11.6. The maximum atomic E-state index is 14.9. The van der Waals surface area contributed by atoms with Crippen LogP contribution in [0.15, 0.2) is 78.4 Å². The molecule has 0 aromatic heterocycles. The Hall–Kier alpha value is -3.56. The van der Waals surface area contributed by atoms with Gasteiger partial charge in [0, 0.05) is 46.8 Å². The number of allylic oxidation sites excluding steroid dienone is 2. The number of ketones is 1. The number of halogens is 2. The number of hydrogen-bond acceptors (Lipinski definition) is 5. The van der Waals surface area contributed by atoms with Crippen LogP contribution in [0.2, 0.25) is 5.02 Å². The molecule has 0 spiro atoms. The molecule has 272 valence electrons. The zero-order valence-electron chi connectivity index (χ0n) is 29.7. The molecule has 1 saturated heterocycles. The number of rotatable bonds is 8. The van der Waals surface area contributed by atoms with Gasteiger partial charge < -0.3 is 25.2 Å². The van der Waals surface area contributed by atoms with Gasteiger partial charge in [0.05, 0.1) is 24.4 Å². The Morgan fingerprint density at radius 3 is 2.61 bits per heavy atom. The van der Waals surface area contributed by atoms with E-state index in [9.17, 15) is 24.2 Å². The first-order chi connectivity index (χ1) is 24.5. The summed E-state index contributed by atoms with van der Waals surface area (Å²) < 4.78 is 20.9. The van der Waals surface area contributed by atoms with Crippen LogP contribution in [0.3, 0.4) is 0 Å². The van der Waals surface area contributed by atoms with Gasteiger partial charge >= 0.3 is 6.03 Å². The number of ether oxygens (including phenoxy) is 1. The molecule has 4 aliphatic rings. The predicted molar refractivity (Wildman–Crippen MR) is 199 cm³/mol. The van der Waals surface area contributed by atoms with E-state index in [0.717, 1.165) is 30.4 Å². The van der Waals surface area contributed by atoms with E-state index in [1.165, 1.54) is 17.7 Å². The predicted octanol–water partition coefficient (Wildman–Crippen LogP) is 8.66. The minimum atomic E-state index is -1.30. The first-order valence-electron chi connectivity index (χ1n) is 18.3. The Bertz CT molecular complexity index is 1720. The lowest BCUT2D eigenvalue weighted by Gasteiger charge is -2.46. The molecule has 51 heavy (non-hydrogen) atoms. The number of nitrogens with one attached hydrogen (secondary N) is 1. The minimum absolute atomic E-state index is 0.0968. The fraction of sp³-hybridized carbons (Fsp3) is 0.476. The molecule has 2 bridgehead atoms. The van der Waals surface area contributed by atoms with Gasteiger partial charge in [-0.05, 0) is 112 Å². The third-order valence-corrected chi connectivity index (χ3v) is 11.9. The second kappa shape index (κ2) is 16.0. The maximum absolute atomic E-state index is 14.9. The molecular formula is C42H50ClFN2O5. The van der Waals surface area contributed by atoms with Gasteiger partial charge in [-0.15, -0.1) is 0 Å². The summed E-state index contributed by atoms with van der Waals surface area (Å²) in [6.07, 6.45) is 7.05.